The first kappa shape index (κ1) is 13.1. The van der Waals surface area contributed by atoms with E-state index < -0.39 is 0 Å². The minimum absolute atomic E-state index is 0.471. The van der Waals surface area contributed by atoms with Crippen molar-refractivity contribution in [3.63, 3.8) is 0 Å². The molecular weight excluding hydrogens is 296 g/mol. The number of H-pyrrole nitrogens is 1. The molecule has 20 heavy (non-hydrogen) atoms. The van der Waals surface area contributed by atoms with Gasteiger partial charge in [0.2, 0.25) is 5.88 Å². The van der Waals surface area contributed by atoms with E-state index in [4.69, 9.17) is 28.6 Å². The van der Waals surface area contributed by atoms with Gasteiger partial charge in [0.15, 0.2) is 10.4 Å². The Bertz CT molecular complexity index is 827. The molecule has 0 aliphatic carbocycles. The number of nitrogens with zero attached hydrogens (tertiary/aromatic N) is 3. The highest BCUT2D eigenvalue weighted by Gasteiger charge is 2.12. The van der Waals surface area contributed by atoms with Gasteiger partial charge in [0.05, 0.1) is 13.7 Å². The van der Waals surface area contributed by atoms with Crippen molar-refractivity contribution in [2.45, 2.75) is 6.54 Å². The first-order chi connectivity index (χ1) is 9.70. The Labute approximate surface area is 125 Å². The highest BCUT2D eigenvalue weighted by Crippen LogP contribution is 2.22. The molecule has 0 bridgehead atoms. The summed E-state index contributed by atoms with van der Waals surface area (Å²) in [7, 11) is 1.56. The molecule has 1 aromatic carbocycles. The van der Waals surface area contributed by atoms with Gasteiger partial charge in [-0.25, -0.2) is 4.98 Å². The Hall–Kier alpha value is -1.92. The number of imidazole rings is 1. The molecule has 5 nitrogen and oxygen atoms in total. The van der Waals surface area contributed by atoms with Gasteiger partial charge in [-0.2, -0.15) is 4.98 Å². The maximum Gasteiger partial charge on any atom is 0.242 e. The Morgan fingerprint density at radius 3 is 2.90 bits per heavy atom. The van der Waals surface area contributed by atoms with Crippen LogP contribution in [0.3, 0.4) is 0 Å². The summed E-state index contributed by atoms with van der Waals surface area (Å²) in [6.07, 6.45) is 1.45. The molecule has 0 fully saturated rings. The van der Waals surface area contributed by atoms with E-state index in [-0.39, 0.29) is 0 Å². The van der Waals surface area contributed by atoms with Crippen molar-refractivity contribution < 1.29 is 4.74 Å². The fourth-order valence-electron chi connectivity index (χ4n) is 2.04. The topological polar surface area (TPSA) is 55.7 Å². The van der Waals surface area contributed by atoms with Crippen LogP contribution in [-0.2, 0) is 6.54 Å². The van der Waals surface area contributed by atoms with Crippen LogP contribution in [-0.4, -0.2) is 26.6 Å². The van der Waals surface area contributed by atoms with Crippen molar-refractivity contribution in [2.75, 3.05) is 7.11 Å². The van der Waals surface area contributed by atoms with Gasteiger partial charge in [-0.05, 0) is 23.8 Å². The van der Waals surface area contributed by atoms with Crippen LogP contribution in [0.15, 0.2) is 30.6 Å². The fraction of sp³-hybridized carbons (Fsp3) is 0.154. The Morgan fingerprint density at radius 1 is 1.35 bits per heavy atom. The predicted molar refractivity (Wildman–Crippen MR) is 79.8 cm³/mol. The van der Waals surface area contributed by atoms with Crippen molar-refractivity contribution >= 4 is 35.0 Å². The summed E-state index contributed by atoms with van der Waals surface area (Å²) in [5, 5.41) is 0.699. The van der Waals surface area contributed by atoms with Crippen LogP contribution in [0, 0.1) is 4.77 Å². The average Bonchev–Trinajstić information content (AvgIpc) is 2.77. The molecule has 0 unspecified atom stereocenters. The molecule has 2 heterocycles. The molecule has 2 aromatic heterocycles. The lowest BCUT2D eigenvalue weighted by atomic mass is 10.2. The van der Waals surface area contributed by atoms with Gasteiger partial charge in [0.1, 0.15) is 11.8 Å². The van der Waals surface area contributed by atoms with Crippen molar-refractivity contribution in [3.05, 3.63) is 45.9 Å². The van der Waals surface area contributed by atoms with Crippen molar-refractivity contribution in [1.82, 2.24) is 19.5 Å². The van der Waals surface area contributed by atoms with Gasteiger partial charge in [-0.1, -0.05) is 29.8 Å². The minimum atomic E-state index is 0.471. The first-order valence-electron chi connectivity index (χ1n) is 5.91. The summed E-state index contributed by atoms with van der Waals surface area (Å²) in [5.74, 6) is 0.471. The maximum atomic E-state index is 6.19. The van der Waals surface area contributed by atoms with Gasteiger partial charge in [-0.15, -0.1) is 0 Å². The molecule has 3 rings (SSSR count). The second kappa shape index (κ2) is 5.22. The fourth-order valence-corrected chi connectivity index (χ4v) is 2.49. The Kier molecular flexibility index (Phi) is 3.42. The zero-order chi connectivity index (χ0) is 14.1. The number of nitrogens with one attached hydrogen (secondary N) is 1. The molecule has 0 atom stereocenters. The van der Waals surface area contributed by atoms with Crippen molar-refractivity contribution in [2.24, 2.45) is 0 Å². The van der Waals surface area contributed by atoms with Gasteiger partial charge in [0.25, 0.3) is 0 Å². The number of fused-ring (bicyclic) bond motifs is 1. The number of hydrogen-bond acceptors (Lipinski definition) is 4. The van der Waals surface area contributed by atoms with E-state index in [9.17, 15) is 0 Å². The number of halogens is 1. The summed E-state index contributed by atoms with van der Waals surface area (Å²) < 4.78 is 7.63. The quantitative estimate of drug-likeness (QED) is 0.755. The third kappa shape index (κ3) is 2.17. The maximum absolute atomic E-state index is 6.19. The normalized spacial score (nSPS) is 10.9. The Balaban J connectivity index is 2.15. The standard InChI is InChI=1S/C13H11ClN4OS/c1-19-12-10-11(15-7-16-12)18(13(20)17-10)6-8-4-2-3-5-9(8)14/h2-5,7H,6H2,1H3,(H,17,20). The van der Waals surface area contributed by atoms with Crippen LogP contribution >= 0.6 is 23.8 Å². The third-order valence-corrected chi connectivity index (χ3v) is 3.70. The van der Waals surface area contributed by atoms with E-state index in [1.54, 1.807) is 7.11 Å². The molecule has 0 saturated heterocycles. The molecule has 102 valence electrons. The number of aromatic nitrogens is 4. The van der Waals surface area contributed by atoms with E-state index in [0.29, 0.717) is 33.4 Å². The summed E-state index contributed by atoms with van der Waals surface area (Å²) in [4.78, 5) is 11.4. The number of hydrogen-bond donors (Lipinski definition) is 1. The number of methoxy groups -OCH3 is 1. The largest absolute Gasteiger partial charge is 0.479 e. The monoisotopic (exact) mass is 306 g/mol. The van der Waals surface area contributed by atoms with Gasteiger partial charge in [0, 0.05) is 5.02 Å². The molecule has 7 heteroatoms. The molecule has 0 amide bonds. The highest BCUT2D eigenvalue weighted by molar-refractivity contribution is 7.71. The smallest absolute Gasteiger partial charge is 0.242 e. The van der Waals surface area contributed by atoms with Gasteiger partial charge in [-0.3, -0.25) is 4.57 Å². The van der Waals surface area contributed by atoms with Crippen LogP contribution in [0.4, 0.5) is 0 Å². The lowest BCUT2D eigenvalue weighted by Crippen LogP contribution is -2.02. The van der Waals surface area contributed by atoms with E-state index >= 15 is 0 Å². The van der Waals surface area contributed by atoms with Crippen molar-refractivity contribution in [3.8, 4) is 5.88 Å². The van der Waals surface area contributed by atoms with Gasteiger partial charge < -0.3 is 9.72 Å². The summed E-state index contributed by atoms with van der Waals surface area (Å²) in [5.41, 5.74) is 2.36. The van der Waals surface area contributed by atoms with Crippen LogP contribution < -0.4 is 4.74 Å². The molecule has 0 aliphatic rings. The van der Waals surface area contributed by atoms with E-state index in [1.807, 2.05) is 28.8 Å². The number of aromatic amines is 1. The van der Waals surface area contributed by atoms with Gasteiger partial charge >= 0.3 is 0 Å². The summed E-state index contributed by atoms with van der Waals surface area (Å²) >= 11 is 11.5. The zero-order valence-electron chi connectivity index (χ0n) is 10.6. The first-order valence-corrected chi connectivity index (χ1v) is 6.70. The second-order valence-corrected chi connectivity index (χ2v) is 4.98. The van der Waals surface area contributed by atoms with Crippen molar-refractivity contribution in [1.29, 1.82) is 0 Å². The molecule has 0 aliphatic heterocycles. The van der Waals surface area contributed by atoms with Crippen LogP contribution in [0.25, 0.3) is 11.2 Å². The highest BCUT2D eigenvalue weighted by atomic mass is 35.5. The zero-order valence-corrected chi connectivity index (χ0v) is 12.2. The minimum Gasteiger partial charge on any atom is -0.479 e. The van der Waals surface area contributed by atoms with E-state index in [1.165, 1.54) is 6.33 Å². The van der Waals surface area contributed by atoms with Crippen LogP contribution in [0.5, 0.6) is 5.88 Å². The SMILES string of the molecule is COc1ncnc2c1[nH]c(=S)n2Cc1ccccc1Cl. The third-order valence-electron chi connectivity index (χ3n) is 3.00. The van der Waals surface area contributed by atoms with E-state index in [2.05, 4.69) is 15.0 Å². The average molecular weight is 307 g/mol. The molecule has 0 radical (unpaired) electrons. The number of benzene rings is 1. The number of rotatable bonds is 3. The van der Waals surface area contributed by atoms with Crippen LogP contribution in [0.1, 0.15) is 5.56 Å². The number of ether oxygens (including phenoxy) is 1. The molecule has 3 aromatic rings. The molecule has 1 N–H and O–H groups in total. The molecule has 0 spiro atoms. The molecule has 0 saturated carbocycles. The molecular formula is C13H11ClN4OS. The van der Waals surface area contributed by atoms with E-state index in [0.717, 1.165) is 5.56 Å². The summed E-state index contributed by atoms with van der Waals surface area (Å²) in [6, 6.07) is 7.65. The Morgan fingerprint density at radius 2 is 2.15 bits per heavy atom. The lowest BCUT2D eigenvalue weighted by molar-refractivity contribution is 0.401. The van der Waals surface area contributed by atoms with Crippen LogP contribution in [0.2, 0.25) is 5.02 Å². The predicted octanol–water partition coefficient (Wildman–Crippen LogP) is 3.20. The lowest BCUT2D eigenvalue weighted by Gasteiger charge is -2.06. The summed E-state index contributed by atoms with van der Waals surface area (Å²) in [6.45, 7) is 0.540. The second-order valence-electron chi connectivity index (χ2n) is 4.19.